The van der Waals surface area contributed by atoms with Gasteiger partial charge in [-0.15, -0.1) is 0 Å². The number of hydrogen-bond acceptors (Lipinski definition) is 4. The number of nitrogens with one attached hydrogen (secondary N) is 2. The Balaban J connectivity index is 1.60. The average Bonchev–Trinajstić information content (AvgIpc) is 3.14. The minimum atomic E-state index is -0.210. The fourth-order valence-corrected chi connectivity index (χ4v) is 2.85. The van der Waals surface area contributed by atoms with Crippen molar-refractivity contribution >= 4 is 17.3 Å². The van der Waals surface area contributed by atoms with E-state index in [0.717, 1.165) is 37.4 Å². The van der Waals surface area contributed by atoms with Crippen LogP contribution in [0.25, 0.3) is 0 Å². The maximum Gasteiger partial charge on any atom is 0.274 e. The summed E-state index contributed by atoms with van der Waals surface area (Å²) in [7, 11) is 0. The van der Waals surface area contributed by atoms with Crippen LogP contribution in [0.5, 0.6) is 0 Å². The number of aromatic nitrogens is 1. The summed E-state index contributed by atoms with van der Waals surface area (Å²) in [6.45, 7) is 5.88. The van der Waals surface area contributed by atoms with E-state index < -0.39 is 0 Å². The third kappa shape index (κ3) is 4.79. The van der Waals surface area contributed by atoms with Crippen LogP contribution in [-0.4, -0.2) is 30.1 Å². The molecule has 1 fully saturated rings. The maximum atomic E-state index is 12.4. The monoisotopic (exact) mass is 339 g/mol. The lowest BCUT2D eigenvalue weighted by molar-refractivity contribution is 0.102. The molecule has 0 aliphatic carbocycles. The molecule has 2 N–H and O–H groups in total. The second-order valence-electron chi connectivity index (χ2n) is 6.68. The van der Waals surface area contributed by atoms with Crippen molar-refractivity contribution in [2.24, 2.45) is 0 Å². The van der Waals surface area contributed by atoms with Gasteiger partial charge < -0.3 is 15.4 Å². The predicted molar refractivity (Wildman–Crippen MR) is 100 cm³/mol. The molecule has 1 atom stereocenters. The van der Waals surface area contributed by atoms with E-state index in [1.54, 1.807) is 12.3 Å². The lowest BCUT2D eigenvalue weighted by Crippen LogP contribution is -2.19. The van der Waals surface area contributed by atoms with Crippen LogP contribution < -0.4 is 10.6 Å². The molecule has 1 aliphatic rings. The number of carbonyl (C=O) groups excluding carboxylic acids is 1. The molecule has 1 aromatic heterocycles. The highest BCUT2D eigenvalue weighted by Gasteiger charge is 2.15. The van der Waals surface area contributed by atoms with Crippen molar-refractivity contribution in [2.45, 2.75) is 38.7 Å². The Labute approximate surface area is 148 Å². The first-order valence-electron chi connectivity index (χ1n) is 8.84. The Morgan fingerprint density at radius 1 is 1.24 bits per heavy atom. The van der Waals surface area contributed by atoms with Gasteiger partial charge in [-0.25, -0.2) is 0 Å². The molecule has 0 bridgehead atoms. The average molecular weight is 339 g/mol. The smallest absolute Gasteiger partial charge is 0.274 e. The molecule has 3 rings (SSSR count). The number of amides is 1. The number of rotatable bonds is 6. The first-order chi connectivity index (χ1) is 12.1. The van der Waals surface area contributed by atoms with Gasteiger partial charge in [0.25, 0.3) is 5.91 Å². The van der Waals surface area contributed by atoms with E-state index in [4.69, 9.17) is 4.74 Å². The highest BCUT2D eigenvalue weighted by atomic mass is 16.5. The van der Waals surface area contributed by atoms with Crippen molar-refractivity contribution in [3.63, 3.8) is 0 Å². The zero-order valence-corrected chi connectivity index (χ0v) is 14.8. The summed E-state index contributed by atoms with van der Waals surface area (Å²) in [5.41, 5.74) is 3.29. The molecular weight excluding hydrogens is 314 g/mol. The maximum absolute atomic E-state index is 12.4. The summed E-state index contributed by atoms with van der Waals surface area (Å²) >= 11 is 0. The molecule has 2 heterocycles. The van der Waals surface area contributed by atoms with Gasteiger partial charge in [0.15, 0.2) is 0 Å². The fourth-order valence-electron chi connectivity index (χ4n) is 2.85. The molecule has 0 radical (unpaired) electrons. The first-order valence-corrected chi connectivity index (χ1v) is 8.84. The van der Waals surface area contributed by atoms with Crippen LogP contribution in [-0.2, 0) is 4.74 Å². The summed E-state index contributed by atoms with van der Waals surface area (Å²) in [6, 6.07) is 11.6. The van der Waals surface area contributed by atoms with Gasteiger partial charge in [0.2, 0.25) is 0 Å². The van der Waals surface area contributed by atoms with Crippen molar-refractivity contribution in [3.8, 4) is 0 Å². The minimum absolute atomic E-state index is 0.210. The molecule has 1 aliphatic heterocycles. The largest absolute Gasteiger partial charge is 0.382 e. The molecule has 5 nitrogen and oxygen atoms in total. The minimum Gasteiger partial charge on any atom is -0.382 e. The number of carbonyl (C=O) groups is 1. The molecule has 1 saturated heterocycles. The van der Waals surface area contributed by atoms with Gasteiger partial charge in [0, 0.05) is 30.7 Å². The van der Waals surface area contributed by atoms with Crippen LogP contribution >= 0.6 is 0 Å². The second kappa shape index (κ2) is 8.12. The van der Waals surface area contributed by atoms with E-state index >= 15 is 0 Å². The highest BCUT2D eigenvalue weighted by Crippen LogP contribution is 2.18. The molecule has 0 spiro atoms. The van der Waals surface area contributed by atoms with Crippen LogP contribution in [0, 0.1) is 0 Å². The zero-order chi connectivity index (χ0) is 17.6. The Morgan fingerprint density at radius 2 is 2.04 bits per heavy atom. The molecule has 132 valence electrons. The fraction of sp³-hybridized carbons (Fsp3) is 0.400. The third-order valence-electron chi connectivity index (χ3n) is 4.39. The van der Waals surface area contributed by atoms with Gasteiger partial charge in [-0.05, 0) is 48.6 Å². The van der Waals surface area contributed by atoms with Crippen molar-refractivity contribution in [3.05, 3.63) is 53.9 Å². The van der Waals surface area contributed by atoms with Gasteiger partial charge in [-0.2, -0.15) is 0 Å². The molecule has 1 aromatic carbocycles. The number of benzene rings is 1. The van der Waals surface area contributed by atoms with Gasteiger partial charge in [0.05, 0.1) is 6.10 Å². The van der Waals surface area contributed by atoms with E-state index in [0.29, 0.717) is 11.6 Å². The van der Waals surface area contributed by atoms with Gasteiger partial charge in [-0.3, -0.25) is 9.78 Å². The van der Waals surface area contributed by atoms with Gasteiger partial charge in [0.1, 0.15) is 5.69 Å². The van der Waals surface area contributed by atoms with Crippen LogP contribution in [0.4, 0.5) is 11.4 Å². The van der Waals surface area contributed by atoms with E-state index in [1.807, 2.05) is 30.3 Å². The van der Waals surface area contributed by atoms with E-state index in [9.17, 15) is 4.79 Å². The number of ether oxygens (including phenoxy) is 1. The van der Waals surface area contributed by atoms with Crippen molar-refractivity contribution in [1.82, 2.24) is 4.98 Å². The highest BCUT2D eigenvalue weighted by molar-refractivity contribution is 6.03. The van der Waals surface area contributed by atoms with Gasteiger partial charge >= 0.3 is 0 Å². The van der Waals surface area contributed by atoms with Crippen molar-refractivity contribution in [2.75, 3.05) is 23.8 Å². The van der Waals surface area contributed by atoms with Crippen LogP contribution in [0.15, 0.2) is 42.6 Å². The van der Waals surface area contributed by atoms with E-state index in [-0.39, 0.29) is 12.0 Å². The molecule has 1 amide bonds. The number of nitrogens with zero attached hydrogens (tertiary/aromatic N) is 1. The lowest BCUT2D eigenvalue weighted by atomic mass is 10.0. The summed E-state index contributed by atoms with van der Waals surface area (Å²) in [5, 5.41) is 6.22. The Morgan fingerprint density at radius 3 is 2.72 bits per heavy atom. The predicted octanol–water partition coefficient (Wildman–Crippen LogP) is 4.05. The molecule has 2 aromatic rings. The summed E-state index contributed by atoms with van der Waals surface area (Å²) in [6.07, 6.45) is 4.10. The Bertz CT molecular complexity index is 707. The summed E-state index contributed by atoms with van der Waals surface area (Å²) < 4.78 is 5.60. The topological polar surface area (TPSA) is 63.2 Å². The molecule has 25 heavy (non-hydrogen) atoms. The Hall–Kier alpha value is -2.40. The van der Waals surface area contributed by atoms with E-state index in [1.165, 1.54) is 5.56 Å². The van der Waals surface area contributed by atoms with Crippen LogP contribution in [0.3, 0.4) is 0 Å². The van der Waals surface area contributed by atoms with Crippen molar-refractivity contribution < 1.29 is 9.53 Å². The van der Waals surface area contributed by atoms with Gasteiger partial charge in [-0.1, -0.05) is 26.0 Å². The second-order valence-corrected chi connectivity index (χ2v) is 6.68. The number of pyridine rings is 1. The molecular formula is C20H25N3O2. The van der Waals surface area contributed by atoms with E-state index in [2.05, 4.69) is 29.5 Å². The summed E-state index contributed by atoms with van der Waals surface area (Å²) in [4.78, 5) is 16.6. The van der Waals surface area contributed by atoms with Crippen LogP contribution in [0.2, 0.25) is 0 Å². The lowest BCUT2D eigenvalue weighted by Gasteiger charge is -2.12. The van der Waals surface area contributed by atoms with Crippen LogP contribution in [0.1, 0.15) is 48.7 Å². The Kier molecular flexibility index (Phi) is 5.66. The quantitative estimate of drug-likeness (QED) is 0.833. The molecule has 1 unspecified atom stereocenters. The standard InChI is InChI=1S/C20H25N3O2/c1-14(2)15-5-7-16(8-6-15)23-20(24)19-12-17(9-10-21-19)22-13-18-4-3-11-25-18/h5-10,12,14,18H,3-4,11,13H2,1-2H3,(H,21,22)(H,23,24). The SMILES string of the molecule is CC(C)c1ccc(NC(=O)c2cc(NCC3CCCO3)ccn2)cc1. The first kappa shape index (κ1) is 17.4. The normalized spacial score (nSPS) is 16.8. The summed E-state index contributed by atoms with van der Waals surface area (Å²) in [5.74, 6) is 0.260. The number of hydrogen-bond donors (Lipinski definition) is 2. The third-order valence-corrected chi connectivity index (χ3v) is 4.39. The molecule has 0 saturated carbocycles. The zero-order valence-electron chi connectivity index (χ0n) is 14.8. The molecule has 5 heteroatoms. The number of anilines is 2. The van der Waals surface area contributed by atoms with Crippen molar-refractivity contribution in [1.29, 1.82) is 0 Å².